The Kier molecular flexibility index (Phi) is 14.4. The SMILES string of the molecule is CCCC(=O)Nc1n[nH]c2cc(-c3ccc(OCc4ccccc4)cc3)c(-c3ccc(OCc4ccccc4)cc3)cc12.CCCC(=O)Nc1n[nH]c2cc(Cl)c(-c3ccc(O)cc3)cc12. The number of nitrogens with one attached hydrogen (secondary N) is 4. The molecule has 0 saturated heterocycles. The van der Waals surface area contributed by atoms with E-state index in [1.54, 1.807) is 30.3 Å². The van der Waals surface area contributed by atoms with Crippen LogP contribution < -0.4 is 20.1 Å². The van der Waals surface area contributed by atoms with Gasteiger partial charge < -0.3 is 25.2 Å². The van der Waals surface area contributed by atoms with Crippen LogP contribution in [0.25, 0.3) is 55.2 Å². The van der Waals surface area contributed by atoms with E-state index in [1.165, 1.54) is 0 Å². The Hall–Kier alpha value is -7.89. The van der Waals surface area contributed by atoms with Gasteiger partial charge in [0.15, 0.2) is 11.6 Å². The molecule has 332 valence electrons. The fraction of sp³-hybridized carbons (Fsp3) is 0.148. The number of H-pyrrole nitrogens is 2. The molecule has 11 nitrogen and oxygen atoms in total. The standard InChI is InChI=1S/C37H33N3O3.C17H16ClN3O2/c1-2-9-36(41)38-37-34-22-32(28-14-18-30(19-15-28)42-24-26-10-5-3-6-11-26)33(23-35(34)39-40-37)29-16-20-31(21-17-29)43-25-27-12-7-4-8-13-27;1-2-3-16(23)19-17-13-8-12(10-4-6-11(22)7-5-10)14(18)9-15(13)20-21-17/h3-8,10-23H,2,9,24-25H2,1H3,(H2,38,39,40,41);4-9,22H,2-3H2,1H3,(H2,19,20,21,23). The lowest BCUT2D eigenvalue weighted by atomic mass is 9.93. The van der Waals surface area contributed by atoms with Crippen molar-refractivity contribution in [1.82, 2.24) is 20.4 Å². The second kappa shape index (κ2) is 21.2. The van der Waals surface area contributed by atoms with E-state index in [1.807, 2.05) is 80.6 Å². The third-order valence-corrected chi connectivity index (χ3v) is 11.1. The highest BCUT2D eigenvalue weighted by atomic mass is 35.5. The molecule has 0 aliphatic rings. The highest BCUT2D eigenvalue weighted by Gasteiger charge is 2.17. The molecule has 9 aromatic rings. The second-order valence-corrected chi connectivity index (χ2v) is 16.1. The monoisotopic (exact) mass is 896 g/mol. The maximum absolute atomic E-state index is 12.4. The van der Waals surface area contributed by atoms with Crippen LogP contribution in [0.1, 0.15) is 50.7 Å². The number of phenolic OH excluding ortho intramolecular Hbond substituents is 1. The number of fused-ring (bicyclic) bond motifs is 2. The van der Waals surface area contributed by atoms with E-state index < -0.39 is 0 Å². The third-order valence-electron chi connectivity index (χ3n) is 10.8. The number of carbonyl (C=O) groups is 2. The Morgan fingerprint density at radius 2 is 0.955 bits per heavy atom. The van der Waals surface area contributed by atoms with Crippen LogP contribution >= 0.6 is 11.6 Å². The quantitative estimate of drug-likeness (QED) is 0.0686. The van der Waals surface area contributed by atoms with Crippen molar-refractivity contribution in [2.24, 2.45) is 0 Å². The smallest absolute Gasteiger partial charge is 0.225 e. The van der Waals surface area contributed by atoms with Crippen molar-refractivity contribution in [1.29, 1.82) is 0 Å². The molecule has 12 heteroatoms. The molecular formula is C54H49ClN6O5. The lowest BCUT2D eigenvalue weighted by molar-refractivity contribution is -0.117. The first-order valence-electron chi connectivity index (χ1n) is 21.9. The number of ether oxygens (including phenoxy) is 2. The molecule has 2 amide bonds. The molecule has 0 atom stereocenters. The zero-order valence-electron chi connectivity index (χ0n) is 36.6. The Morgan fingerprint density at radius 3 is 1.42 bits per heavy atom. The number of aromatic amines is 2. The number of phenols is 1. The predicted octanol–water partition coefficient (Wildman–Crippen LogP) is 13.1. The van der Waals surface area contributed by atoms with Gasteiger partial charge >= 0.3 is 0 Å². The molecule has 0 saturated carbocycles. The van der Waals surface area contributed by atoms with Crippen LogP contribution in [0.3, 0.4) is 0 Å². The number of aromatic nitrogens is 4. The molecule has 0 spiro atoms. The minimum atomic E-state index is -0.0676. The first kappa shape index (κ1) is 44.7. The predicted molar refractivity (Wildman–Crippen MR) is 264 cm³/mol. The van der Waals surface area contributed by atoms with Gasteiger partial charge in [-0.3, -0.25) is 19.8 Å². The summed E-state index contributed by atoms with van der Waals surface area (Å²) < 4.78 is 12.1. The van der Waals surface area contributed by atoms with Gasteiger partial charge in [0.25, 0.3) is 0 Å². The van der Waals surface area contributed by atoms with Crippen LogP contribution in [0.15, 0.2) is 158 Å². The topological polar surface area (TPSA) is 154 Å². The Balaban J connectivity index is 0.000000216. The summed E-state index contributed by atoms with van der Waals surface area (Å²) in [6, 6.07) is 51.1. The highest BCUT2D eigenvalue weighted by Crippen LogP contribution is 2.39. The molecule has 66 heavy (non-hydrogen) atoms. The maximum Gasteiger partial charge on any atom is 0.225 e. The van der Waals surface area contributed by atoms with Gasteiger partial charge in [0, 0.05) is 29.2 Å². The van der Waals surface area contributed by atoms with Crippen molar-refractivity contribution in [2.75, 3.05) is 10.6 Å². The van der Waals surface area contributed by atoms with Crippen molar-refractivity contribution >= 4 is 56.9 Å². The zero-order valence-corrected chi connectivity index (χ0v) is 37.4. The average Bonchev–Trinajstić information content (AvgIpc) is 3.93. The van der Waals surface area contributed by atoms with Crippen LogP contribution in [-0.2, 0) is 22.8 Å². The van der Waals surface area contributed by atoms with E-state index >= 15 is 0 Å². The van der Waals surface area contributed by atoms with E-state index in [2.05, 4.69) is 91.7 Å². The minimum Gasteiger partial charge on any atom is -0.508 e. The van der Waals surface area contributed by atoms with E-state index in [0.29, 0.717) is 42.7 Å². The largest absolute Gasteiger partial charge is 0.508 e. The van der Waals surface area contributed by atoms with Gasteiger partial charge in [0.2, 0.25) is 11.8 Å². The molecule has 0 fully saturated rings. The van der Waals surface area contributed by atoms with Gasteiger partial charge in [-0.15, -0.1) is 0 Å². The van der Waals surface area contributed by atoms with Crippen LogP contribution in [0.5, 0.6) is 17.2 Å². The summed E-state index contributed by atoms with van der Waals surface area (Å²) in [4.78, 5) is 24.2. The fourth-order valence-electron chi connectivity index (χ4n) is 7.42. The first-order chi connectivity index (χ1) is 32.2. The van der Waals surface area contributed by atoms with Gasteiger partial charge in [-0.1, -0.05) is 123 Å². The fourth-order valence-corrected chi connectivity index (χ4v) is 7.69. The lowest BCUT2D eigenvalue weighted by Crippen LogP contribution is -2.11. The number of aromatic hydroxyl groups is 1. The molecule has 2 heterocycles. The first-order valence-corrected chi connectivity index (χ1v) is 22.3. The number of nitrogens with zero attached hydrogens (tertiary/aromatic N) is 2. The Labute approximate surface area is 387 Å². The van der Waals surface area contributed by atoms with E-state index in [0.717, 1.165) is 90.7 Å². The molecule has 2 aromatic heterocycles. The molecule has 0 aliphatic heterocycles. The Morgan fingerprint density at radius 1 is 0.545 bits per heavy atom. The van der Waals surface area contributed by atoms with Gasteiger partial charge in [-0.05, 0) is 112 Å². The van der Waals surface area contributed by atoms with Crippen molar-refractivity contribution in [3.8, 4) is 50.6 Å². The highest BCUT2D eigenvalue weighted by molar-refractivity contribution is 6.34. The summed E-state index contributed by atoms with van der Waals surface area (Å²) in [5, 5.41) is 32.0. The summed E-state index contributed by atoms with van der Waals surface area (Å²) in [5.74, 6) is 2.71. The lowest BCUT2D eigenvalue weighted by Gasteiger charge is -2.14. The number of hydrogen-bond donors (Lipinski definition) is 5. The molecular weight excluding hydrogens is 848 g/mol. The number of amides is 2. The van der Waals surface area contributed by atoms with Crippen LogP contribution in [-0.4, -0.2) is 37.3 Å². The molecule has 7 aromatic carbocycles. The molecule has 5 N–H and O–H groups in total. The van der Waals surface area contributed by atoms with Crippen molar-refractivity contribution in [2.45, 2.75) is 52.7 Å². The molecule has 0 radical (unpaired) electrons. The number of rotatable bonds is 15. The molecule has 0 unspecified atom stereocenters. The number of benzene rings is 7. The molecule has 0 aliphatic carbocycles. The van der Waals surface area contributed by atoms with Gasteiger partial charge in [-0.2, -0.15) is 10.2 Å². The van der Waals surface area contributed by atoms with Crippen molar-refractivity contribution in [3.63, 3.8) is 0 Å². The molecule has 9 rings (SSSR count). The van der Waals surface area contributed by atoms with Crippen LogP contribution in [0, 0.1) is 0 Å². The summed E-state index contributed by atoms with van der Waals surface area (Å²) in [7, 11) is 0. The van der Waals surface area contributed by atoms with Gasteiger partial charge in [-0.25, -0.2) is 0 Å². The average molecular weight is 897 g/mol. The van der Waals surface area contributed by atoms with E-state index in [9.17, 15) is 14.7 Å². The van der Waals surface area contributed by atoms with E-state index in [4.69, 9.17) is 21.1 Å². The Bertz CT molecular complexity index is 3040. The van der Waals surface area contributed by atoms with Crippen molar-refractivity contribution in [3.05, 3.63) is 174 Å². The molecule has 0 bridgehead atoms. The minimum absolute atomic E-state index is 0.0486. The van der Waals surface area contributed by atoms with Crippen molar-refractivity contribution < 1.29 is 24.2 Å². The van der Waals surface area contributed by atoms with Crippen LogP contribution in [0.2, 0.25) is 5.02 Å². The van der Waals surface area contributed by atoms with Gasteiger partial charge in [0.05, 0.1) is 16.1 Å². The summed E-state index contributed by atoms with van der Waals surface area (Å²) in [6.45, 7) is 4.95. The maximum atomic E-state index is 12.4. The second-order valence-electron chi connectivity index (χ2n) is 15.7. The third kappa shape index (κ3) is 11.1. The van der Waals surface area contributed by atoms with E-state index in [-0.39, 0.29) is 17.6 Å². The number of carbonyl (C=O) groups excluding carboxylic acids is 2. The van der Waals surface area contributed by atoms with Crippen LogP contribution in [0.4, 0.5) is 11.6 Å². The zero-order chi connectivity index (χ0) is 45.8. The summed E-state index contributed by atoms with van der Waals surface area (Å²) in [5.41, 5.74) is 9.66. The normalized spacial score (nSPS) is 10.9. The number of halogens is 1. The number of hydrogen-bond acceptors (Lipinski definition) is 7. The summed E-state index contributed by atoms with van der Waals surface area (Å²) in [6.07, 6.45) is 2.45. The number of anilines is 2. The summed E-state index contributed by atoms with van der Waals surface area (Å²) >= 11 is 6.34. The van der Waals surface area contributed by atoms with Gasteiger partial charge in [0.1, 0.15) is 30.5 Å².